The summed E-state index contributed by atoms with van der Waals surface area (Å²) in [5, 5.41) is 20.2. The maximum absolute atomic E-state index is 13.5. The van der Waals surface area contributed by atoms with Crippen LogP contribution in [0, 0.1) is 11.3 Å². The Morgan fingerprint density at radius 2 is 1.94 bits per heavy atom. The molecule has 1 aliphatic heterocycles. The normalized spacial score (nSPS) is 14.5. The molecule has 9 nitrogen and oxygen atoms in total. The molecule has 1 aliphatic rings. The zero-order chi connectivity index (χ0) is 24.4. The average Bonchev–Trinajstić information content (AvgIpc) is 3.31. The molecule has 0 saturated heterocycles. The highest BCUT2D eigenvalue weighted by molar-refractivity contribution is 6.06. The van der Waals surface area contributed by atoms with Crippen molar-refractivity contribution >= 4 is 17.5 Å². The first-order valence-electron chi connectivity index (χ1n) is 10.9. The van der Waals surface area contributed by atoms with Crippen LogP contribution in [0.25, 0.3) is 11.4 Å². The van der Waals surface area contributed by atoms with Crippen LogP contribution < -0.4 is 15.4 Å². The molecule has 0 radical (unpaired) electrons. The number of rotatable bonds is 5. The van der Waals surface area contributed by atoms with E-state index in [2.05, 4.69) is 21.7 Å². The Kier molecular flexibility index (Phi) is 5.69. The van der Waals surface area contributed by atoms with Gasteiger partial charge in [0.15, 0.2) is 5.82 Å². The van der Waals surface area contributed by atoms with Gasteiger partial charge in [-0.1, -0.05) is 24.3 Å². The number of nitrogens with zero attached hydrogens (tertiary/aromatic N) is 5. The Labute approximate surface area is 201 Å². The number of ether oxygens (including phenoxy) is 1. The van der Waals surface area contributed by atoms with E-state index in [0.29, 0.717) is 40.0 Å². The first-order valence-corrected chi connectivity index (χ1v) is 10.9. The van der Waals surface area contributed by atoms with Crippen LogP contribution in [0.15, 0.2) is 84.3 Å². The molecular weight excluding hydrogens is 442 g/mol. The zero-order valence-electron chi connectivity index (χ0n) is 19.1. The van der Waals surface area contributed by atoms with Crippen LogP contribution in [0.1, 0.15) is 24.1 Å². The standard InChI is InChI=1S/C26H21N7O2/c1-16-22(25(34)30-19-6-5-13-28-15-19)23(18-11-9-17(14-27)10-12-18)33-26(29-16)31-24(32-33)20-7-3-4-8-21(20)35-2/h3-13,15,23H,1-2H3,(H,30,34)(H,29,31,32). The number of hydrogen-bond donors (Lipinski definition) is 2. The SMILES string of the molecule is COc1ccccc1-c1nc2n(n1)C(c1ccc(C#N)cc1)C(C(=O)Nc1cccnc1)=C(C)N2. The summed E-state index contributed by atoms with van der Waals surface area (Å²) in [6.45, 7) is 1.83. The second-order valence-corrected chi connectivity index (χ2v) is 7.90. The van der Waals surface area contributed by atoms with Gasteiger partial charge in [-0.2, -0.15) is 10.2 Å². The minimum Gasteiger partial charge on any atom is -0.496 e. The molecule has 2 aromatic carbocycles. The van der Waals surface area contributed by atoms with Crippen LogP contribution in [0.3, 0.4) is 0 Å². The fourth-order valence-electron chi connectivity index (χ4n) is 4.07. The Morgan fingerprint density at radius 1 is 1.14 bits per heavy atom. The molecule has 172 valence electrons. The van der Waals surface area contributed by atoms with Crippen LogP contribution >= 0.6 is 0 Å². The molecule has 0 fully saturated rings. The van der Waals surface area contributed by atoms with E-state index >= 15 is 0 Å². The van der Waals surface area contributed by atoms with Gasteiger partial charge >= 0.3 is 0 Å². The lowest BCUT2D eigenvalue weighted by Gasteiger charge is -2.28. The van der Waals surface area contributed by atoms with E-state index in [0.717, 1.165) is 11.1 Å². The molecule has 0 spiro atoms. The number of hydrogen-bond acceptors (Lipinski definition) is 7. The van der Waals surface area contributed by atoms with Gasteiger partial charge in [-0.15, -0.1) is 5.10 Å². The fourth-order valence-corrected chi connectivity index (χ4v) is 4.07. The monoisotopic (exact) mass is 463 g/mol. The summed E-state index contributed by atoms with van der Waals surface area (Å²) in [5.74, 6) is 1.31. The lowest BCUT2D eigenvalue weighted by atomic mass is 9.94. The number of allylic oxidation sites excluding steroid dienone is 1. The number of fused-ring (bicyclic) bond motifs is 1. The number of amides is 1. The topological polar surface area (TPSA) is 118 Å². The Hall–Kier alpha value is -4.97. The van der Waals surface area contributed by atoms with Crippen LogP contribution in [0.5, 0.6) is 5.75 Å². The van der Waals surface area contributed by atoms with Crippen LogP contribution in [-0.2, 0) is 4.79 Å². The quantitative estimate of drug-likeness (QED) is 0.456. The van der Waals surface area contributed by atoms with Gasteiger partial charge in [0.1, 0.15) is 11.8 Å². The molecule has 2 aromatic heterocycles. The highest BCUT2D eigenvalue weighted by Crippen LogP contribution is 2.38. The summed E-state index contributed by atoms with van der Waals surface area (Å²) in [6, 6.07) is 19.7. The number of anilines is 2. The van der Waals surface area contributed by atoms with Gasteiger partial charge in [-0.05, 0) is 48.9 Å². The largest absolute Gasteiger partial charge is 0.496 e. The van der Waals surface area contributed by atoms with Crippen molar-refractivity contribution in [3.8, 4) is 23.2 Å². The number of carbonyl (C=O) groups excluding carboxylic acids is 1. The molecular formula is C26H21N7O2. The summed E-state index contributed by atoms with van der Waals surface area (Å²) < 4.78 is 7.18. The third-order valence-electron chi connectivity index (χ3n) is 5.72. The van der Waals surface area contributed by atoms with Gasteiger partial charge in [0.2, 0.25) is 5.95 Å². The first-order chi connectivity index (χ1) is 17.1. The maximum Gasteiger partial charge on any atom is 0.255 e. The molecule has 5 rings (SSSR count). The third-order valence-corrected chi connectivity index (χ3v) is 5.72. The van der Waals surface area contributed by atoms with Gasteiger partial charge < -0.3 is 15.4 Å². The smallest absolute Gasteiger partial charge is 0.255 e. The van der Waals surface area contributed by atoms with Crippen molar-refractivity contribution in [2.24, 2.45) is 0 Å². The lowest BCUT2D eigenvalue weighted by Crippen LogP contribution is -2.31. The predicted molar refractivity (Wildman–Crippen MR) is 130 cm³/mol. The van der Waals surface area contributed by atoms with Gasteiger partial charge in [-0.3, -0.25) is 9.78 Å². The lowest BCUT2D eigenvalue weighted by molar-refractivity contribution is -0.113. The zero-order valence-corrected chi connectivity index (χ0v) is 19.1. The van der Waals surface area contributed by atoms with E-state index in [4.69, 9.17) is 14.8 Å². The number of pyridine rings is 1. The van der Waals surface area contributed by atoms with Gasteiger partial charge in [0, 0.05) is 11.9 Å². The number of carbonyl (C=O) groups is 1. The summed E-state index contributed by atoms with van der Waals surface area (Å²) in [7, 11) is 1.60. The van der Waals surface area contributed by atoms with Crippen molar-refractivity contribution in [3.05, 3.63) is 95.5 Å². The summed E-state index contributed by atoms with van der Waals surface area (Å²) in [5.41, 5.74) is 3.75. The molecule has 0 bridgehead atoms. The molecule has 1 atom stereocenters. The molecule has 0 aliphatic carbocycles. The number of nitriles is 1. The van der Waals surface area contributed by atoms with Crippen molar-refractivity contribution in [1.82, 2.24) is 19.7 Å². The summed E-state index contributed by atoms with van der Waals surface area (Å²) >= 11 is 0. The van der Waals surface area contributed by atoms with Gasteiger partial charge in [-0.25, -0.2) is 4.68 Å². The summed E-state index contributed by atoms with van der Waals surface area (Å²) in [6.07, 6.45) is 3.23. The van der Waals surface area contributed by atoms with E-state index in [-0.39, 0.29) is 5.91 Å². The molecule has 1 amide bonds. The van der Waals surface area contributed by atoms with E-state index < -0.39 is 6.04 Å². The van der Waals surface area contributed by atoms with Crippen LogP contribution in [0.4, 0.5) is 11.6 Å². The Bertz CT molecular complexity index is 1470. The van der Waals surface area contributed by atoms with Crippen LogP contribution in [0.2, 0.25) is 0 Å². The Morgan fingerprint density at radius 3 is 2.66 bits per heavy atom. The van der Waals surface area contributed by atoms with Crippen molar-refractivity contribution in [1.29, 1.82) is 5.26 Å². The van der Waals surface area contributed by atoms with E-state index in [1.165, 1.54) is 0 Å². The van der Waals surface area contributed by atoms with E-state index in [1.54, 1.807) is 48.5 Å². The molecule has 1 unspecified atom stereocenters. The molecule has 4 aromatic rings. The average molecular weight is 464 g/mol. The number of aromatic nitrogens is 4. The minimum atomic E-state index is -0.577. The predicted octanol–water partition coefficient (Wildman–Crippen LogP) is 4.15. The van der Waals surface area contributed by atoms with Crippen LogP contribution in [-0.4, -0.2) is 32.8 Å². The summed E-state index contributed by atoms with van der Waals surface area (Å²) in [4.78, 5) is 22.3. The highest BCUT2D eigenvalue weighted by Gasteiger charge is 2.34. The highest BCUT2D eigenvalue weighted by atomic mass is 16.5. The van der Waals surface area contributed by atoms with E-state index in [9.17, 15) is 10.1 Å². The van der Waals surface area contributed by atoms with Gasteiger partial charge in [0.25, 0.3) is 5.91 Å². The molecule has 0 saturated carbocycles. The minimum absolute atomic E-state index is 0.294. The van der Waals surface area contributed by atoms with Crippen molar-refractivity contribution in [2.45, 2.75) is 13.0 Å². The molecule has 9 heteroatoms. The first kappa shape index (κ1) is 21.9. The fraction of sp³-hybridized carbons (Fsp3) is 0.115. The number of nitrogens with one attached hydrogen (secondary N) is 2. The third kappa shape index (κ3) is 4.09. The molecule has 35 heavy (non-hydrogen) atoms. The number of methoxy groups -OCH3 is 1. The molecule has 2 N–H and O–H groups in total. The van der Waals surface area contributed by atoms with E-state index in [1.807, 2.05) is 43.3 Å². The molecule has 3 heterocycles. The number of para-hydroxylation sites is 1. The van der Waals surface area contributed by atoms with Crippen molar-refractivity contribution in [2.75, 3.05) is 17.7 Å². The van der Waals surface area contributed by atoms with Crippen molar-refractivity contribution in [3.63, 3.8) is 0 Å². The Balaban J connectivity index is 1.62. The maximum atomic E-state index is 13.5. The van der Waals surface area contributed by atoms with Gasteiger partial charge in [0.05, 0.1) is 41.8 Å². The number of benzene rings is 2. The van der Waals surface area contributed by atoms with Crippen molar-refractivity contribution < 1.29 is 9.53 Å². The second kappa shape index (κ2) is 9.11. The second-order valence-electron chi connectivity index (χ2n) is 7.90.